The van der Waals surface area contributed by atoms with E-state index in [1.165, 1.54) is 12.8 Å². The lowest BCUT2D eigenvalue weighted by molar-refractivity contribution is 0.0698. The van der Waals surface area contributed by atoms with Crippen LogP contribution in [0.3, 0.4) is 0 Å². The maximum absolute atomic E-state index is 12.6. The van der Waals surface area contributed by atoms with Crippen LogP contribution < -0.4 is 0 Å². The highest BCUT2D eigenvalue weighted by atomic mass is 32.1. The van der Waals surface area contributed by atoms with Gasteiger partial charge in [-0.05, 0) is 49.6 Å². The fourth-order valence-electron chi connectivity index (χ4n) is 3.25. The summed E-state index contributed by atoms with van der Waals surface area (Å²) < 4.78 is 2.26. The second-order valence-electron chi connectivity index (χ2n) is 6.33. The van der Waals surface area contributed by atoms with Gasteiger partial charge in [0, 0.05) is 25.0 Å². The van der Waals surface area contributed by atoms with E-state index in [1.54, 1.807) is 11.3 Å². The largest absolute Gasteiger partial charge is 0.338 e. The van der Waals surface area contributed by atoms with Crippen molar-refractivity contribution in [2.45, 2.75) is 44.6 Å². The predicted molar refractivity (Wildman–Crippen MR) is 85.2 cm³/mol. The molecule has 6 heteroatoms. The third-order valence-corrected chi connectivity index (χ3v) is 5.75. The number of carbonyl (C=O) groups is 1. The molecule has 0 unspecified atom stereocenters. The van der Waals surface area contributed by atoms with Crippen molar-refractivity contribution in [3.05, 3.63) is 34.0 Å². The van der Waals surface area contributed by atoms with Crippen LogP contribution in [0.4, 0.5) is 0 Å². The molecule has 3 heterocycles. The molecule has 2 aromatic heterocycles. The summed E-state index contributed by atoms with van der Waals surface area (Å²) in [5, 5.41) is 10.4. The lowest BCUT2D eigenvalue weighted by Crippen LogP contribution is -2.39. The molecule has 1 saturated heterocycles. The van der Waals surface area contributed by atoms with Crippen molar-refractivity contribution < 1.29 is 4.79 Å². The van der Waals surface area contributed by atoms with Gasteiger partial charge in [0.15, 0.2) is 0 Å². The van der Waals surface area contributed by atoms with E-state index in [0.717, 1.165) is 42.2 Å². The first kappa shape index (κ1) is 13.9. The zero-order valence-corrected chi connectivity index (χ0v) is 13.6. The summed E-state index contributed by atoms with van der Waals surface area (Å²) in [4.78, 5) is 15.5. The monoisotopic (exact) mass is 316 g/mol. The summed E-state index contributed by atoms with van der Waals surface area (Å²) in [7, 11) is 0. The summed E-state index contributed by atoms with van der Waals surface area (Å²) in [6.07, 6.45) is 6.35. The molecule has 1 amide bonds. The van der Waals surface area contributed by atoms with E-state index < -0.39 is 0 Å². The quantitative estimate of drug-likeness (QED) is 0.874. The molecule has 22 heavy (non-hydrogen) atoms. The molecule has 5 nitrogen and oxygen atoms in total. The Morgan fingerprint density at radius 1 is 1.27 bits per heavy atom. The highest BCUT2D eigenvalue weighted by Crippen LogP contribution is 2.40. The van der Waals surface area contributed by atoms with Gasteiger partial charge in [-0.1, -0.05) is 0 Å². The number of thiophene rings is 1. The molecular weight excluding hydrogens is 296 g/mol. The number of aromatic nitrogens is 3. The van der Waals surface area contributed by atoms with Crippen LogP contribution in [0.5, 0.6) is 0 Å². The maximum atomic E-state index is 12.6. The zero-order chi connectivity index (χ0) is 15.1. The van der Waals surface area contributed by atoms with Gasteiger partial charge in [-0.3, -0.25) is 4.79 Å². The molecule has 0 atom stereocenters. The van der Waals surface area contributed by atoms with Crippen molar-refractivity contribution in [1.29, 1.82) is 0 Å². The topological polar surface area (TPSA) is 51.0 Å². The fraction of sp³-hybridized carbons (Fsp3) is 0.562. The minimum Gasteiger partial charge on any atom is -0.338 e. The van der Waals surface area contributed by atoms with Gasteiger partial charge in [-0.25, -0.2) is 0 Å². The van der Waals surface area contributed by atoms with Gasteiger partial charge in [0.1, 0.15) is 12.2 Å². The van der Waals surface area contributed by atoms with Crippen LogP contribution in [-0.4, -0.2) is 38.7 Å². The van der Waals surface area contributed by atoms with Crippen LogP contribution in [-0.2, 0) is 0 Å². The van der Waals surface area contributed by atoms with Crippen LogP contribution in [0.2, 0.25) is 0 Å². The molecule has 116 valence electrons. The minimum atomic E-state index is 0.192. The fourth-order valence-corrected chi connectivity index (χ4v) is 4.14. The predicted octanol–water partition coefficient (Wildman–Crippen LogP) is 3.00. The Hall–Kier alpha value is -1.69. The Labute approximate surface area is 134 Å². The molecule has 2 fully saturated rings. The number of hydrogen-bond donors (Lipinski definition) is 0. The molecule has 0 radical (unpaired) electrons. The summed E-state index contributed by atoms with van der Waals surface area (Å²) in [5.41, 5.74) is 1.09. The van der Waals surface area contributed by atoms with E-state index in [2.05, 4.69) is 14.8 Å². The Balaban J connectivity index is 1.43. The first-order chi connectivity index (χ1) is 10.7. The summed E-state index contributed by atoms with van der Waals surface area (Å²) in [6, 6.07) is 2.46. The second-order valence-corrected chi connectivity index (χ2v) is 7.24. The first-order valence-electron chi connectivity index (χ1n) is 7.97. The molecule has 0 bridgehead atoms. The van der Waals surface area contributed by atoms with Gasteiger partial charge < -0.3 is 9.47 Å². The smallest absolute Gasteiger partial charge is 0.264 e. The molecule has 1 aliphatic carbocycles. The van der Waals surface area contributed by atoms with Gasteiger partial charge in [0.25, 0.3) is 5.91 Å². The summed E-state index contributed by atoms with van der Waals surface area (Å²) in [5.74, 6) is 1.96. The molecule has 0 spiro atoms. The number of likely N-dealkylation sites (tertiary alicyclic amines) is 1. The van der Waals surface area contributed by atoms with E-state index in [0.29, 0.717) is 12.0 Å². The number of piperidine rings is 1. The van der Waals surface area contributed by atoms with Gasteiger partial charge in [0.05, 0.1) is 4.88 Å². The number of aryl methyl sites for hydroxylation is 1. The van der Waals surface area contributed by atoms with E-state index in [-0.39, 0.29) is 5.91 Å². The van der Waals surface area contributed by atoms with Crippen molar-refractivity contribution in [2.75, 3.05) is 13.1 Å². The molecule has 1 aliphatic heterocycles. The van der Waals surface area contributed by atoms with Crippen LogP contribution >= 0.6 is 11.3 Å². The summed E-state index contributed by atoms with van der Waals surface area (Å²) >= 11 is 1.55. The first-order valence-corrected chi connectivity index (χ1v) is 8.85. The number of hydrogen-bond acceptors (Lipinski definition) is 4. The number of nitrogens with zero attached hydrogens (tertiary/aromatic N) is 4. The Bertz CT molecular complexity index is 680. The average molecular weight is 316 g/mol. The Morgan fingerprint density at radius 2 is 2.05 bits per heavy atom. The number of rotatable bonds is 3. The van der Waals surface area contributed by atoms with E-state index in [9.17, 15) is 4.79 Å². The Kier molecular flexibility index (Phi) is 3.48. The molecule has 0 aromatic carbocycles. The van der Waals surface area contributed by atoms with Crippen LogP contribution in [0.25, 0.3) is 0 Å². The number of amides is 1. The minimum absolute atomic E-state index is 0.192. The third-order valence-electron chi connectivity index (χ3n) is 4.74. The molecule has 4 rings (SSSR count). The van der Waals surface area contributed by atoms with Crippen molar-refractivity contribution in [3.8, 4) is 0 Å². The lowest BCUT2D eigenvalue weighted by atomic mass is 10.0. The van der Waals surface area contributed by atoms with Crippen LogP contribution in [0.1, 0.15) is 58.7 Å². The van der Waals surface area contributed by atoms with Crippen molar-refractivity contribution in [2.24, 2.45) is 0 Å². The second kappa shape index (κ2) is 5.50. The third kappa shape index (κ3) is 2.45. The SMILES string of the molecule is Cc1ccsc1C(=O)N1CCC(n2cnnc2C2CC2)CC1. The van der Waals surface area contributed by atoms with Gasteiger partial charge >= 0.3 is 0 Å². The van der Waals surface area contributed by atoms with Gasteiger partial charge in [-0.2, -0.15) is 0 Å². The molecular formula is C16H20N4OS. The lowest BCUT2D eigenvalue weighted by Gasteiger charge is -2.33. The van der Waals surface area contributed by atoms with E-state index in [4.69, 9.17) is 0 Å². The zero-order valence-electron chi connectivity index (χ0n) is 12.7. The molecule has 1 saturated carbocycles. The van der Waals surface area contributed by atoms with Crippen LogP contribution in [0, 0.1) is 6.92 Å². The molecule has 0 N–H and O–H groups in total. The average Bonchev–Trinajstić information content (AvgIpc) is 3.11. The highest BCUT2D eigenvalue weighted by molar-refractivity contribution is 7.12. The van der Waals surface area contributed by atoms with E-state index in [1.807, 2.05) is 29.6 Å². The van der Waals surface area contributed by atoms with Gasteiger partial charge in [0.2, 0.25) is 0 Å². The highest BCUT2D eigenvalue weighted by Gasteiger charge is 2.32. The van der Waals surface area contributed by atoms with Crippen molar-refractivity contribution in [3.63, 3.8) is 0 Å². The number of carbonyl (C=O) groups excluding carboxylic acids is 1. The molecule has 2 aliphatic rings. The standard InChI is InChI=1S/C16H20N4OS/c1-11-6-9-22-14(11)16(21)19-7-4-13(5-8-19)20-10-17-18-15(20)12-2-3-12/h6,9-10,12-13H,2-5,7-8H2,1H3. The van der Waals surface area contributed by atoms with E-state index >= 15 is 0 Å². The normalized spacial score (nSPS) is 19.6. The Morgan fingerprint density at radius 3 is 2.68 bits per heavy atom. The summed E-state index contributed by atoms with van der Waals surface area (Å²) in [6.45, 7) is 3.65. The van der Waals surface area contributed by atoms with Crippen molar-refractivity contribution in [1.82, 2.24) is 19.7 Å². The van der Waals surface area contributed by atoms with Crippen molar-refractivity contribution >= 4 is 17.2 Å². The van der Waals surface area contributed by atoms with Gasteiger partial charge in [-0.15, -0.1) is 21.5 Å². The maximum Gasteiger partial charge on any atom is 0.264 e. The van der Waals surface area contributed by atoms with Crippen LogP contribution in [0.15, 0.2) is 17.8 Å². The molecule has 2 aromatic rings.